The lowest BCUT2D eigenvalue weighted by molar-refractivity contribution is -0.364. The van der Waals surface area contributed by atoms with Crippen LogP contribution in [-0.4, -0.2) is 11.9 Å². The van der Waals surface area contributed by atoms with Crippen LogP contribution < -0.4 is 5.90 Å². The summed E-state index contributed by atoms with van der Waals surface area (Å²) in [6.45, 7) is 7.02. The van der Waals surface area contributed by atoms with E-state index in [1.54, 1.807) is 0 Å². The summed E-state index contributed by atoms with van der Waals surface area (Å²) in [7, 11) is 0. The lowest BCUT2D eigenvalue weighted by Gasteiger charge is -2.83. The zero-order valence-corrected chi connectivity index (χ0v) is 17.4. The molecule has 6 fully saturated rings. The van der Waals surface area contributed by atoms with Crippen LogP contribution in [0.15, 0.2) is 0 Å². The summed E-state index contributed by atoms with van der Waals surface area (Å²) in [4.78, 5) is 17.9. The summed E-state index contributed by atoms with van der Waals surface area (Å²) >= 11 is 0. The number of Topliss-reactive ketones (excluding diaryl/α,β-unsaturated/α-hetero) is 1. The fourth-order valence-electron chi connectivity index (χ4n) is 11.2. The summed E-state index contributed by atoms with van der Waals surface area (Å²) in [5, 5.41) is 0. The van der Waals surface area contributed by atoms with Gasteiger partial charge in [0.25, 0.3) is 0 Å². The Labute approximate surface area is 164 Å². The second-order valence-electron chi connectivity index (χ2n) is 11.9. The first-order chi connectivity index (χ1) is 12.9. The Morgan fingerprint density at radius 3 is 2.41 bits per heavy atom. The molecule has 3 heteroatoms. The van der Waals surface area contributed by atoms with Gasteiger partial charge in [-0.15, -0.1) is 0 Å². The van der Waals surface area contributed by atoms with E-state index in [2.05, 4.69) is 13.8 Å². The molecule has 6 rings (SSSR count). The summed E-state index contributed by atoms with van der Waals surface area (Å²) in [6, 6.07) is 0. The van der Waals surface area contributed by atoms with Crippen LogP contribution in [0.2, 0.25) is 0 Å². The largest absolute Gasteiger partial charge is 0.301 e. The van der Waals surface area contributed by atoms with Gasteiger partial charge in [-0.05, 0) is 116 Å². The van der Waals surface area contributed by atoms with E-state index in [0.717, 1.165) is 41.9 Å². The molecule has 27 heavy (non-hydrogen) atoms. The zero-order chi connectivity index (χ0) is 18.8. The SMILES string of the molecule is CC(=O)C1CCC2C3CC4CC5CC6C(ON)CCC(C)(C3CCC12C)C456. The van der Waals surface area contributed by atoms with Crippen molar-refractivity contribution in [1.29, 1.82) is 0 Å². The number of hydrogen-bond donors (Lipinski definition) is 1. The van der Waals surface area contributed by atoms with Gasteiger partial charge in [-0.25, -0.2) is 5.90 Å². The van der Waals surface area contributed by atoms with Crippen molar-refractivity contribution in [2.24, 2.45) is 63.6 Å². The van der Waals surface area contributed by atoms with Crippen molar-refractivity contribution in [3.63, 3.8) is 0 Å². The Bertz CT molecular complexity index is 692. The predicted octanol–water partition coefficient (Wildman–Crippen LogP) is 4.74. The standard InChI is InChI=1S/C24H37NO2/c1-13(26)17-4-5-18-16-11-14-10-15-12-20-21(27-25)7-9-23(3,24(14,15)20)19(16)6-8-22(17,18)2/h14-21H,4-12,25H2,1-3H3. The molecular weight excluding hydrogens is 334 g/mol. The van der Waals surface area contributed by atoms with Crippen molar-refractivity contribution in [2.75, 3.05) is 0 Å². The van der Waals surface area contributed by atoms with Crippen molar-refractivity contribution in [1.82, 2.24) is 0 Å². The summed E-state index contributed by atoms with van der Waals surface area (Å²) in [5.41, 5.74) is 1.34. The van der Waals surface area contributed by atoms with E-state index < -0.39 is 0 Å². The van der Waals surface area contributed by atoms with Gasteiger partial charge >= 0.3 is 0 Å². The first kappa shape index (κ1) is 17.4. The minimum Gasteiger partial charge on any atom is -0.301 e. The molecule has 3 nitrogen and oxygen atoms in total. The minimum absolute atomic E-state index is 0.285. The predicted molar refractivity (Wildman–Crippen MR) is 104 cm³/mol. The second-order valence-corrected chi connectivity index (χ2v) is 11.9. The molecule has 0 aliphatic heterocycles. The van der Waals surface area contributed by atoms with Crippen LogP contribution in [-0.2, 0) is 9.63 Å². The maximum atomic E-state index is 12.4. The van der Waals surface area contributed by atoms with Gasteiger partial charge in [0, 0.05) is 5.92 Å². The van der Waals surface area contributed by atoms with Crippen molar-refractivity contribution >= 4 is 5.78 Å². The Morgan fingerprint density at radius 1 is 0.926 bits per heavy atom. The van der Waals surface area contributed by atoms with Gasteiger partial charge in [0.15, 0.2) is 0 Å². The number of carbonyl (C=O) groups excluding carboxylic acids is 1. The highest BCUT2D eigenvalue weighted by Gasteiger charge is 2.80. The number of carbonyl (C=O) groups is 1. The Kier molecular flexibility index (Phi) is 3.36. The minimum atomic E-state index is 0.285. The maximum Gasteiger partial charge on any atom is 0.133 e. The molecule has 0 heterocycles. The van der Waals surface area contributed by atoms with Gasteiger partial charge in [-0.1, -0.05) is 13.8 Å². The van der Waals surface area contributed by atoms with Crippen LogP contribution in [0.1, 0.15) is 78.6 Å². The molecule has 0 aromatic heterocycles. The first-order valence-electron chi connectivity index (χ1n) is 11.7. The number of ketones is 1. The fourth-order valence-corrected chi connectivity index (χ4v) is 11.2. The first-order valence-corrected chi connectivity index (χ1v) is 11.7. The third-order valence-corrected chi connectivity index (χ3v) is 11.9. The van der Waals surface area contributed by atoms with Gasteiger partial charge in [-0.3, -0.25) is 4.79 Å². The number of fused-ring (bicyclic) bond motifs is 4. The Morgan fingerprint density at radius 2 is 1.70 bits per heavy atom. The Hall–Kier alpha value is -0.410. The molecular formula is C24H37NO2. The molecule has 0 aromatic rings. The van der Waals surface area contributed by atoms with Gasteiger partial charge in [0.05, 0.1) is 6.10 Å². The van der Waals surface area contributed by atoms with E-state index in [4.69, 9.17) is 10.7 Å². The van der Waals surface area contributed by atoms with Crippen LogP contribution in [0.4, 0.5) is 0 Å². The van der Waals surface area contributed by atoms with Gasteiger partial charge in [-0.2, -0.15) is 0 Å². The number of nitrogens with two attached hydrogens (primary N) is 1. The van der Waals surface area contributed by atoms with Crippen LogP contribution >= 0.6 is 0 Å². The molecule has 0 saturated heterocycles. The van der Waals surface area contributed by atoms with Crippen molar-refractivity contribution in [3.8, 4) is 0 Å². The van der Waals surface area contributed by atoms with E-state index >= 15 is 0 Å². The highest BCUT2D eigenvalue weighted by atomic mass is 16.6. The van der Waals surface area contributed by atoms with Crippen LogP contribution in [0, 0.1) is 57.7 Å². The van der Waals surface area contributed by atoms with Crippen molar-refractivity contribution in [2.45, 2.75) is 84.7 Å². The molecule has 0 aromatic carbocycles. The highest BCUT2D eigenvalue weighted by Crippen LogP contribution is 2.85. The van der Waals surface area contributed by atoms with E-state index in [9.17, 15) is 4.79 Å². The molecule has 150 valence electrons. The lowest BCUT2D eigenvalue weighted by atomic mass is 9.22. The number of hydrogen-bond acceptors (Lipinski definition) is 3. The molecule has 11 unspecified atom stereocenters. The molecule has 1 spiro atoms. The Balaban J connectivity index is 1.38. The van der Waals surface area contributed by atoms with Gasteiger partial charge < -0.3 is 4.84 Å². The molecule has 0 amide bonds. The van der Waals surface area contributed by atoms with Gasteiger partial charge in [0.1, 0.15) is 5.78 Å². The summed E-state index contributed by atoms with van der Waals surface area (Å²) in [6.07, 6.45) is 12.2. The summed E-state index contributed by atoms with van der Waals surface area (Å²) in [5.74, 6) is 11.7. The monoisotopic (exact) mass is 371 g/mol. The van der Waals surface area contributed by atoms with E-state index in [1.165, 1.54) is 51.4 Å². The zero-order valence-electron chi connectivity index (χ0n) is 17.4. The topological polar surface area (TPSA) is 52.3 Å². The molecule has 0 bridgehead atoms. The number of rotatable bonds is 2. The van der Waals surface area contributed by atoms with Gasteiger partial charge in [0.2, 0.25) is 0 Å². The fraction of sp³-hybridized carbons (Fsp3) is 0.958. The normalized spacial score (nSPS) is 63.0. The quantitative estimate of drug-likeness (QED) is 0.713. The lowest BCUT2D eigenvalue weighted by Crippen LogP contribution is -2.78. The third-order valence-electron chi connectivity index (χ3n) is 11.9. The van der Waals surface area contributed by atoms with Crippen LogP contribution in [0.5, 0.6) is 0 Å². The van der Waals surface area contributed by atoms with Crippen molar-refractivity contribution in [3.05, 3.63) is 0 Å². The van der Waals surface area contributed by atoms with Crippen LogP contribution in [0.25, 0.3) is 0 Å². The average Bonchev–Trinajstić information content (AvgIpc) is 2.97. The molecule has 6 aliphatic carbocycles. The molecule has 2 N–H and O–H groups in total. The molecule has 6 saturated carbocycles. The van der Waals surface area contributed by atoms with E-state index in [1.807, 2.05) is 6.92 Å². The van der Waals surface area contributed by atoms with Crippen molar-refractivity contribution < 1.29 is 9.63 Å². The highest BCUT2D eigenvalue weighted by molar-refractivity contribution is 5.79. The summed E-state index contributed by atoms with van der Waals surface area (Å²) < 4.78 is 0. The van der Waals surface area contributed by atoms with E-state index in [0.29, 0.717) is 28.6 Å². The molecule has 11 atom stereocenters. The van der Waals surface area contributed by atoms with E-state index in [-0.39, 0.29) is 5.41 Å². The average molecular weight is 372 g/mol. The molecule has 6 aliphatic rings. The maximum absolute atomic E-state index is 12.4. The van der Waals surface area contributed by atoms with Crippen LogP contribution in [0.3, 0.4) is 0 Å². The second kappa shape index (κ2) is 5.19. The smallest absolute Gasteiger partial charge is 0.133 e. The third kappa shape index (κ3) is 1.70. The molecule has 0 radical (unpaired) electrons.